The largest absolute Gasteiger partial charge is 0.338 e. The van der Waals surface area contributed by atoms with E-state index in [9.17, 15) is 0 Å². The summed E-state index contributed by atoms with van der Waals surface area (Å²) in [5.41, 5.74) is 0. The summed E-state index contributed by atoms with van der Waals surface area (Å²) in [5, 5.41) is 2.59. The third kappa shape index (κ3) is 1.35. The molecule has 1 N–H and O–H groups in total. The first-order chi connectivity index (χ1) is 3.71. The van der Waals surface area contributed by atoms with Gasteiger partial charge < -0.3 is 5.32 Å². The highest BCUT2D eigenvalue weighted by atomic mass is 35.5. The summed E-state index contributed by atoms with van der Waals surface area (Å²) in [6.07, 6.45) is 2.76. The zero-order valence-electron chi connectivity index (χ0n) is 3.81. The molecule has 0 radical (unpaired) electrons. The highest BCUT2D eigenvalue weighted by Crippen LogP contribution is 2.23. The lowest BCUT2D eigenvalue weighted by atomic mass is 10.9. The van der Waals surface area contributed by atoms with Gasteiger partial charge in [-0.2, -0.15) is 0 Å². The van der Waals surface area contributed by atoms with Gasteiger partial charge >= 0.3 is 4.58 Å². The Kier molecular flexibility index (Phi) is 1.40. The van der Waals surface area contributed by atoms with Gasteiger partial charge in [-0.1, -0.05) is 23.2 Å². The molecule has 1 aliphatic heterocycles. The van der Waals surface area contributed by atoms with E-state index in [0.29, 0.717) is 0 Å². The summed E-state index contributed by atoms with van der Waals surface area (Å²) in [7, 11) is 0. The lowest BCUT2D eigenvalue weighted by molar-refractivity contribution is 0.869. The van der Waals surface area contributed by atoms with Crippen LogP contribution in [-0.2, 0) is 0 Å². The summed E-state index contributed by atoms with van der Waals surface area (Å²) in [6.45, 7) is 0. The molecule has 0 aliphatic carbocycles. The lowest BCUT2D eigenvalue weighted by Crippen LogP contribution is -2.20. The SMILES string of the molecule is ClC1(Cl)N=CNC=N1. The van der Waals surface area contributed by atoms with Gasteiger partial charge in [-0.3, -0.25) is 0 Å². The molecule has 0 fully saturated rings. The number of nitrogens with zero attached hydrogens (tertiary/aromatic N) is 2. The summed E-state index contributed by atoms with van der Waals surface area (Å²) in [5.74, 6) is 0. The van der Waals surface area contributed by atoms with Gasteiger partial charge in [-0.15, -0.1) is 0 Å². The van der Waals surface area contributed by atoms with Crippen molar-refractivity contribution < 1.29 is 0 Å². The quantitative estimate of drug-likeness (QED) is 0.403. The molecule has 0 aromatic rings. The van der Waals surface area contributed by atoms with Gasteiger partial charge in [-0.25, -0.2) is 9.98 Å². The molecule has 3 nitrogen and oxygen atoms in total. The predicted molar refractivity (Wildman–Crippen MR) is 34.6 cm³/mol. The van der Waals surface area contributed by atoms with Crippen LogP contribution in [0, 0.1) is 0 Å². The minimum atomic E-state index is -1.30. The van der Waals surface area contributed by atoms with Gasteiger partial charge in [0, 0.05) is 0 Å². The topological polar surface area (TPSA) is 36.8 Å². The van der Waals surface area contributed by atoms with Crippen LogP contribution in [0.25, 0.3) is 0 Å². The Balaban J connectivity index is 2.69. The second-order valence-corrected chi connectivity index (χ2v) is 2.44. The number of halogens is 2. The lowest BCUT2D eigenvalue weighted by Gasteiger charge is -2.09. The number of alkyl halides is 2. The molecule has 0 aromatic heterocycles. The minimum absolute atomic E-state index is 1.30. The van der Waals surface area contributed by atoms with Crippen molar-refractivity contribution in [3.63, 3.8) is 0 Å². The van der Waals surface area contributed by atoms with Crippen molar-refractivity contribution in [1.29, 1.82) is 0 Å². The molecule has 8 heavy (non-hydrogen) atoms. The minimum Gasteiger partial charge on any atom is -0.338 e. The van der Waals surface area contributed by atoms with E-state index in [1.54, 1.807) is 0 Å². The summed E-state index contributed by atoms with van der Waals surface area (Å²) < 4.78 is -1.30. The van der Waals surface area contributed by atoms with Gasteiger partial charge in [0.1, 0.15) is 0 Å². The van der Waals surface area contributed by atoms with Crippen molar-refractivity contribution in [2.75, 3.05) is 0 Å². The Morgan fingerprint density at radius 1 is 1.25 bits per heavy atom. The maximum atomic E-state index is 5.40. The van der Waals surface area contributed by atoms with Gasteiger partial charge in [0.25, 0.3) is 0 Å². The number of hydrogen-bond acceptors (Lipinski definition) is 3. The highest BCUT2D eigenvalue weighted by Gasteiger charge is 2.19. The normalized spacial score (nSPS) is 22.8. The van der Waals surface area contributed by atoms with Crippen LogP contribution in [0.3, 0.4) is 0 Å². The van der Waals surface area contributed by atoms with Crippen LogP contribution >= 0.6 is 23.2 Å². The van der Waals surface area contributed by atoms with Gasteiger partial charge in [0.2, 0.25) is 0 Å². The Labute approximate surface area is 56.4 Å². The Hall–Kier alpha value is -0.280. The van der Waals surface area contributed by atoms with E-state index >= 15 is 0 Å². The fraction of sp³-hybridized carbons (Fsp3) is 0.333. The molecule has 0 unspecified atom stereocenters. The Morgan fingerprint density at radius 3 is 2.00 bits per heavy atom. The molecule has 0 atom stereocenters. The van der Waals surface area contributed by atoms with E-state index in [1.165, 1.54) is 12.7 Å². The fourth-order valence-corrected chi connectivity index (χ4v) is 0.492. The molecule has 0 spiro atoms. The first-order valence-corrected chi connectivity index (χ1v) is 2.67. The molecular formula is C3H3Cl2N3. The van der Waals surface area contributed by atoms with E-state index in [-0.39, 0.29) is 0 Å². The summed E-state index contributed by atoms with van der Waals surface area (Å²) in [4.78, 5) is 7.12. The second kappa shape index (κ2) is 1.91. The Bertz CT molecular complexity index is 125. The van der Waals surface area contributed by atoms with Crippen molar-refractivity contribution >= 4 is 35.9 Å². The van der Waals surface area contributed by atoms with Crippen molar-refractivity contribution in [2.45, 2.75) is 4.58 Å². The molecule has 0 saturated carbocycles. The zero-order chi connectivity index (χ0) is 6.04. The zero-order valence-corrected chi connectivity index (χ0v) is 5.32. The van der Waals surface area contributed by atoms with E-state index in [4.69, 9.17) is 23.2 Å². The molecular weight excluding hydrogens is 149 g/mol. The molecule has 0 bridgehead atoms. The van der Waals surface area contributed by atoms with Crippen LogP contribution in [0.4, 0.5) is 0 Å². The van der Waals surface area contributed by atoms with Crippen molar-refractivity contribution in [3.8, 4) is 0 Å². The maximum absolute atomic E-state index is 5.40. The third-order valence-electron chi connectivity index (χ3n) is 0.589. The smallest absolute Gasteiger partial charge is 0.308 e. The molecule has 1 heterocycles. The van der Waals surface area contributed by atoms with E-state index < -0.39 is 4.58 Å². The number of rotatable bonds is 0. The molecule has 0 amide bonds. The van der Waals surface area contributed by atoms with Gasteiger partial charge in [0.15, 0.2) is 0 Å². The van der Waals surface area contributed by atoms with Crippen LogP contribution in [0.15, 0.2) is 9.98 Å². The van der Waals surface area contributed by atoms with Crippen LogP contribution in [-0.4, -0.2) is 17.3 Å². The predicted octanol–water partition coefficient (Wildman–Crippen LogP) is 0.735. The monoisotopic (exact) mass is 151 g/mol. The molecule has 0 saturated heterocycles. The first-order valence-electron chi connectivity index (χ1n) is 1.92. The first kappa shape index (κ1) is 5.85. The molecule has 5 heteroatoms. The second-order valence-electron chi connectivity index (χ2n) is 1.19. The molecule has 1 aliphatic rings. The average Bonchev–Trinajstić information content (AvgIpc) is 1.65. The van der Waals surface area contributed by atoms with Gasteiger partial charge in [-0.05, 0) is 0 Å². The van der Waals surface area contributed by atoms with Crippen LogP contribution < -0.4 is 5.32 Å². The highest BCUT2D eigenvalue weighted by molar-refractivity contribution is 6.48. The average molecular weight is 152 g/mol. The van der Waals surface area contributed by atoms with Gasteiger partial charge in [0.05, 0.1) is 12.7 Å². The van der Waals surface area contributed by atoms with E-state index in [2.05, 4.69) is 15.3 Å². The number of nitrogens with one attached hydrogen (secondary N) is 1. The van der Waals surface area contributed by atoms with E-state index in [1.807, 2.05) is 0 Å². The molecule has 44 valence electrons. The molecule has 1 rings (SSSR count). The van der Waals surface area contributed by atoms with Crippen LogP contribution in [0.2, 0.25) is 0 Å². The van der Waals surface area contributed by atoms with E-state index in [0.717, 1.165) is 0 Å². The Morgan fingerprint density at radius 2 is 1.75 bits per heavy atom. The van der Waals surface area contributed by atoms with Crippen LogP contribution in [0.1, 0.15) is 0 Å². The summed E-state index contributed by atoms with van der Waals surface area (Å²) in [6, 6.07) is 0. The van der Waals surface area contributed by atoms with Crippen LogP contribution in [0.5, 0.6) is 0 Å². The third-order valence-corrected chi connectivity index (χ3v) is 0.979. The fourth-order valence-electron chi connectivity index (χ4n) is 0.297. The van der Waals surface area contributed by atoms with Crippen molar-refractivity contribution in [2.24, 2.45) is 9.98 Å². The number of hydrogen-bond donors (Lipinski definition) is 1. The summed E-state index contributed by atoms with van der Waals surface area (Å²) >= 11 is 10.8. The number of aliphatic imine (C=N–C) groups is 2. The maximum Gasteiger partial charge on any atom is 0.308 e. The standard InChI is InChI=1S/C3H3Cl2N3/c4-3(5)7-1-6-2-8-3/h1-2H,(H,6,7,8). The van der Waals surface area contributed by atoms with Crippen molar-refractivity contribution in [3.05, 3.63) is 0 Å². The van der Waals surface area contributed by atoms with Crippen molar-refractivity contribution in [1.82, 2.24) is 5.32 Å². The molecule has 0 aromatic carbocycles.